The number of benzene rings is 1. The van der Waals surface area contributed by atoms with Crippen molar-refractivity contribution in [2.45, 2.75) is 32.4 Å². The highest BCUT2D eigenvalue weighted by Gasteiger charge is 2.13. The molecule has 1 aliphatic heterocycles. The van der Waals surface area contributed by atoms with Crippen molar-refractivity contribution < 1.29 is 9.84 Å². The number of aliphatic hydroxyl groups is 1. The summed E-state index contributed by atoms with van der Waals surface area (Å²) in [6, 6.07) is 6.28. The van der Waals surface area contributed by atoms with E-state index in [2.05, 4.69) is 17.4 Å². The minimum Gasteiger partial charge on any atom is -0.493 e. The molecule has 0 saturated carbocycles. The molecule has 0 amide bonds. The molecule has 0 aliphatic carbocycles. The summed E-state index contributed by atoms with van der Waals surface area (Å²) in [6.45, 7) is 5.79. The molecule has 0 bridgehead atoms. The maximum absolute atomic E-state index is 9.57. The Bertz CT molecular complexity index is 369. The second-order valence-corrected chi connectivity index (χ2v) is 4.96. The van der Waals surface area contributed by atoms with Crippen LogP contribution in [0.3, 0.4) is 0 Å². The van der Waals surface area contributed by atoms with Crippen LogP contribution in [-0.2, 0) is 13.0 Å². The van der Waals surface area contributed by atoms with Gasteiger partial charge in [-0.3, -0.25) is 0 Å². The molecule has 3 nitrogen and oxygen atoms in total. The molecular formula is C13H19NO2. The average molecular weight is 221 g/mol. The first-order valence-electron chi connectivity index (χ1n) is 5.72. The first-order valence-corrected chi connectivity index (χ1v) is 5.72. The highest BCUT2D eigenvalue weighted by atomic mass is 16.5. The molecule has 0 fully saturated rings. The Hall–Kier alpha value is -1.06. The quantitative estimate of drug-likeness (QED) is 0.809. The fourth-order valence-electron chi connectivity index (χ4n) is 1.86. The SMILES string of the molecule is CC(C)(O)CNCc1ccc2c(c1)CCO2. The van der Waals surface area contributed by atoms with Gasteiger partial charge in [-0.05, 0) is 31.0 Å². The van der Waals surface area contributed by atoms with Crippen LogP contribution in [0.15, 0.2) is 18.2 Å². The molecule has 16 heavy (non-hydrogen) atoms. The Morgan fingerprint density at radius 1 is 1.44 bits per heavy atom. The average Bonchev–Trinajstić information content (AvgIpc) is 2.62. The summed E-state index contributed by atoms with van der Waals surface area (Å²) in [5.74, 6) is 1.02. The lowest BCUT2D eigenvalue weighted by Crippen LogP contribution is -2.34. The van der Waals surface area contributed by atoms with E-state index in [4.69, 9.17) is 4.74 Å². The van der Waals surface area contributed by atoms with E-state index in [-0.39, 0.29) is 0 Å². The Morgan fingerprint density at radius 3 is 3.00 bits per heavy atom. The van der Waals surface area contributed by atoms with Crippen molar-refractivity contribution in [2.24, 2.45) is 0 Å². The van der Waals surface area contributed by atoms with Crippen LogP contribution in [0.5, 0.6) is 5.75 Å². The van der Waals surface area contributed by atoms with Gasteiger partial charge in [0.05, 0.1) is 12.2 Å². The molecule has 0 saturated heterocycles. The van der Waals surface area contributed by atoms with E-state index in [1.54, 1.807) is 13.8 Å². The summed E-state index contributed by atoms with van der Waals surface area (Å²) in [5, 5.41) is 12.8. The molecule has 2 rings (SSSR count). The summed E-state index contributed by atoms with van der Waals surface area (Å²) >= 11 is 0. The first kappa shape index (κ1) is 11.4. The Labute approximate surface area is 96.4 Å². The van der Waals surface area contributed by atoms with Crippen LogP contribution in [0.4, 0.5) is 0 Å². The van der Waals surface area contributed by atoms with Crippen molar-refractivity contribution in [3.05, 3.63) is 29.3 Å². The number of hydrogen-bond donors (Lipinski definition) is 2. The van der Waals surface area contributed by atoms with Crippen LogP contribution in [0, 0.1) is 0 Å². The van der Waals surface area contributed by atoms with Gasteiger partial charge in [-0.1, -0.05) is 12.1 Å². The van der Waals surface area contributed by atoms with E-state index in [0.29, 0.717) is 6.54 Å². The number of ether oxygens (including phenoxy) is 1. The van der Waals surface area contributed by atoms with E-state index in [9.17, 15) is 5.11 Å². The Balaban J connectivity index is 1.91. The van der Waals surface area contributed by atoms with Gasteiger partial charge in [0.1, 0.15) is 5.75 Å². The smallest absolute Gasteiger partial charge is 0.122 e. The van der Waals surface area contributed by atoms with Crippen molar-refractivity contribution >= 4 is 0 Å². The van der Waals surface area contributed by atoms with Gasteiger partial charge >= 0.3 is 0 Å². The largest absolute Gasteiger partial charge is 0.493 e. The van der Waals surface area contributed by atoms with Crippen molar-refractivity contribution in [2.75, 3.05) is 13.2 Å². The van der Waals surface area contributed by atoms with Gasteiger partial charge in [0.25, 0.3) is 0 Å². The van der Waals surface area contributed by atoms with E-state index in [0.717, 1.165) is 25.3 Å². The highest BCUT2D eigenvalue weighted by molar-refractivity contribution is 5.39. The molecule has 1 aromatic rings. The van der Waals surface area contributed by atoms with Crippen molar-refractivity contribution in [1.82, 2.24) is 5.32 Å². The number of rotatable bonds is 4. The number of nitrogens with one attached hydrogen (secondary N) is 1. The first-order chi connectivity index (χ1) is 7.54. The molecule has 0 radical (unpaired) electrons. The zero-order chi connectivity index (χ0) is 11.6. The second kappa shape index (κ2) is 4.44. The molecular weight excluding hydrogens is 202 g/mol. The van der Waals surface area contributed by atoms with Gasteiger partial charge in [0, 0.05) is 19.5 Å². The van der Waals surface area contributed by atoms with Crippen LogP contribution in [0.2, 0.25) is 0 Å². The normalized spacial score (nSPS) is 14.7. The standard InChI is InChI=1S/C13H19NO2/c1-13(2,15)9-14-8-10-3-4-12-11(7-10)5-6-16-12/h3-4,7,14-15H,5-6,8-9H2,1-2H3. The van der Waals surface area contributed by atoms with Crippen molar-refractivity contribution in [1.29, 1.82) is 0 Å². The van der Waals surface area contributed by atoms with E-state index < -0.39 is 5.60 Å². The minimum absolute atomic E-state index is 0.598. The third-order valence-electron chi connectivity index (χ3n) is 2.64. The molecule has 0 aromatic heterocycles. The summed E-state index contributed by atoms with van der Waals surface area (Å²) < 4.78 is 5.45. The summed E-state index contributed by atoms with van der Waals surface area (Å²) in [4.78, 5) is 0. The number of hydrogen-bond acceptors (Lipinski definition) is 3. The second-order valence-electron chi connectivity index (χ2n) is 4.96. The van der Waals surface area contributed by atoms with Gasteiger partial charge in [0.2, 0.25) is 0 Å². The van der Waals surface area contributed by atoms with Crippen molar-refractivity contribution in [3.8, 4) is 5.75 Å². The van der Waals surface area contributed by atoms with E-state index >= 15 is 0 Å². The molecule has 1 heterocycles. The van der Waals surface area contributed by atoms with Gasteiger partial charge in [-0.25, -0.2) is 0 Å². The molecule has 1 aromatic carbocycles. The zero-order valence-electron chi connectivity index (χ0n) is 9.92. The maximum atomic E-state index is 9.57. The number of fused-ring (bicyclic) bond motifs is 1. The molecule has 88 valence electrons. The highest BCUT2D eigenvalue weighted by Crippen LogP contribution is 2.25. The third kappa shape index (κ3) is 2.97. The summed E-state index contributed by atoms with van der Waals surface area (Å²) in [7, 11) is 0. The summed E-state index contributed by atoms with van der Waals surface area (Å²) in [6.07, 6.45) is 1.01. The molecule has 0 atom stereocenters. The predicted molar refractivity (Wildman–Crippen MR) is 63.6 cm³/mol. The molecule has 0 unspecified atom stereocenters. The Morgan fingerprint density at radius 2 is 2.25 bits per heavy atom. The topological polar surface area (TPSA) is 41.5 Å². The monoisotopic (exact) mass is 221 g/mol. The lowest BCUT2D eigenvalue weighted by Gasteiger charge is -2.17. The lowest BCUT2D eigenvalue weighted by molar-refractivity contribution is 0.0795. The molecule has 2 N–H and O–H groups in total. The van der Waals surface area contributed by atoms with Crippen LogP contribution < -0.4 is 10.1 Å². The summed E-state index contributed by atoms with van der Waals surface area (Å²) in [5.41, 5.74) is 1.89. The predicted octanol–water partition coefficient (Wildman–Crippen LogP) is 1.48. The lowest BCUT2D eigenvalue weighted by atomic mass is 10.1. The Kier molecular flexibility index (Phi) is 3.17. The van der Waals surface area contributed by atoms with Crippen molar-refractivity contribution in [3.63, 3.8) is 0 Å². The fraction of sp³-hybridized carbons (Fsp3) is 0.538. The van der Waals surface area contributed by atoms with Crippen LogP contribution in [-0.4, -0.2) is 23.9 Å². The van der Waals surface area contributed by atoms with Gasteiger partial charge < -0.3 is 15.2 Å². The molecule has 0 spiro atoms. The maximum Gasteiger partial charge on any atom is 0.122 e. The fourth-order valence-corrected chi connectivity index (χ4v) is 1.86. The molecule has 1 aliphatic rings. The van der Waals surface area contributed by atoms with Gasteiger partial charge in [-0.2, -0.15) is 0 Å². The van der Waals surface area contributed by atoms with Crippen LogP contribution in [0.1, 0.15) is 25.0 Å². The van der Waals surface area contributed by atoms with E-state index in [1.165, 1.54) is 11.1 Å². The zero-order valence-corrected chi connectivity index (χ0v) is 9.92. The van der Waals surface area contributed by atoms with Gasteiger partial charge in [-0.15, -0.1) is 0 Å². The van der Waals surface area contributed by atoms with Gasteiger partial charge in [0.15, 0.2) is 0 Å². The molecule has 3 heteroatoms. The van der Waals surface area contributed by atoms with E-state index in [1.807, 2.05) is 6.07 Å². The minimum atomic E-state index is -0.653. The third-order valence-corrected chi connectivity index (χ3v) is 2.64. The van der Waals surface area contributed by atoms with Crippen LogP contribution in [0.25, 0.3) is 0 Å². The van der Waals surface area contributed by atoms with Crippen LogP contribution >= 0.6 is 0 Å².